The minimum atomic E-state index is -4.91. The van der Waals surface area contributed by atoms with E-state index in [1.165, 1.54) is 0 Å². The molecule has 3 rings (SSSR count). The molecule has 1 aromatic heterocycles. The topological polar surface area (TPSA) is 57.8 Å². The van der Waals surface area contributed by atoms with Gasteiger partial charge in [-0.3, -0.25) is 14.2 Å². The Kier molecular flexibility index (Phi) is 6.43. The van der Waals surface area contributed by atoms with Crippen LogP contribution in [0.5, 0.6) is 0 Å². The quantitative estimate of drug-likeness (QED) is 0.683. The zero-order valence-electron chi connectivity index (χ0n) is 17.8. The van der Waals surface area contributed by atoms with Crippen LogP contribution in [0, 0.1) is 5.82 Å². The summed E-state index contributed by atoms with van der Waals surface area (Å²) in [6.45, 7) is 7.53. The smallest absolute Gasteiger partial charge is 0.376 e. The summed E-state index contributed by atoms with van der Waals surface area (Å²) >= 11 is 0. The molecule has 2 heterocycles. The lowest BCUT2D eigenvalue weighted by Gasteiger charge is -2.25. The number of hydrogen-bond donors (Lipinski definition) is 0. The number of carbonyl (C=O) groups excluding carboxylic acids is 1. The highest BCUT2D eigenvalue weighted by Gasteiger charge is 2.35. The Labute approximate surface area is 177 Å². The van der Waals surface area contributed by atoms with Gasteiger partial charge in [-0.25, -0.2) is 4.39 Å². The number of aromatic nitrogens is 2. The Morgan fingerprint density at radius 3 is 2.52 bits per heavy atom. The summed E-state index contributed by atoms with van der Waals surface area (Å²) in [6.07, 6.45) is -5.19. The van der Waals surface area contributed by atoms with Crippen molar-refractivity contribution in [3.8, 4) is 0 Å². The molecule has 1 unspecified atom stereocenters. The number of alkyl halides is 3. The van der Waals surface area contributed by atoms with E-state index in [0.717, 1.165) is 17.8 Å². The minimum absolute atomic E-state index is 0.198. The van der Waals surface area contributed by atoms with Gasteiger partial charge in [-0.05, 0) is 12.1 Å². The fourth-order valence-corrected chi connectivity index (χ4v) is 3.50. The van der Waals surface area contributed by atoms with Gasteiger partial charge in [-0.15, -0.1) is 0 Å². The first-order valence-corrected chi connectivity index (χ1v) is 9.81. The average Bonchev–Trinajstić information content (AvgIpc) is 2.98. The number of halogens is 4. The maximum absolute atomic E-state index is 14.4. The zero-order chi connectivity index (χ0) is 23.0. The van der Waals surface area contributed by atoms with Crippen LogP contribution in [0.1, 0.15) is 42.4 Å². The van der Waals surface area contributed by atoms with Gasteiger partial charge in [0, 0.05) is 24.2 Å². The third kappa shape index (κ3) is 5.07. The lowest BCUT2D eigenvalue weighted by atomic mass is 9.92. The van der Waals surface area contributed by atoms with E-state index in [9.17, 15) is 22.4 Å². The molecule has 1 saturated heterocycles. The molecular formula is C21H25F4N3O3. The van der Waals surface area contributed by atoms with Gasteiger partial charge < -0.3 is 9.47 Å². The zero-order valence-corrected chi connectivity index (χ0v) is 17.8. The van der Waals surface area contributed by atoms with Gasteiger partial charge in [-0.2, -0.15) is 18.2 Å². The number of hydrogen-bond acceptors (Lipinski definition) is 3. The van der Waals surface area contributed by atoms with E-state index >= 15 is 0 Å². The van der Waals surface area contributed by atoms with Crippen LogP contribution in [0.2, 0.25) is 0 Å². The molecule has 0 bridgehead atoms. The molecule has 1 aromatic carbocycles. The number of benzene rings is 1. The van der Waals surface area contributed by atoms with Gasteiger partial charge in [0.2, 0.25) is 0 Å². The van der Waals surface area contributed by atoms with Gasteiger partial charge in [0.25, 0.3) is 5.91 Å². The molecule has 1 atom stereocenters. The Morgan fingerprint density at radius 1 is 1.23 bits per heavy atom. The molecule has 10 heteroatoms. The van der Waals surface area contributed by atoms with Gasteiger partial charge in [0.1, 0.15) is 11.9 Å². The van der Waals surface area contributed by atoms with Crippen LogP contribution in [0.4, 0.5) is 17.6 Å². The highest BCUT2D eigenvalue weighted by Crippen LogP contribution is 2.32. The first kappa shape index (κ1) is 23.2. The summed E-state index contributed by atoms with van der Waals surface area (Å²) < 4.78 is 68.1. The molecule has 0 N–H and O–H groups in total. The first-order valence-electron chi connectivity index (χ1n) is 9.81. The summed E-state index contributed by atoms with van der Waals surface area (Å²) in [4.78, 5) is 16.6. The van der Waals surface area contributed by atoms with Crippen LogP contribution in [-0.2, 0) is 34.7 Å². The second-order valence-corrected chi connectivity index (χ2v) is 8.39. The predicted octanol–water partition coefficient (Wildman–Crippen LogP) is 3.44. The van der Waals surface area contributed by atoms with Crippen molar-refractivity contribution in [2.45, 2.75) is 45.0 Å². The van der Waals surface area contributed by atoms with E-state index in [1.807, 2.05) is 25.5 Å². The molecule has 1 amide bonds. The number of ether oxygens (including phenoxy) is 2. The van der Waals surface area contributed by atoms with Gasteiger partial charge in [0.15, 0.2) is 5.49 Å². The lowest BCUT2D eigenvalue weighted by Crippen LogP contribution is -2.37. The summed E-state index contributed by atoms with van der Waals surface area (Å²) in [5.41, 5.74) is -1.51. The van der Waals surface area contributed by atoms with Crippen molar-refractivity contribution in [3.05, 3.63) is 52.4 Å². The van der Waals surface area contributed by atoms with E-state index in [2.05, 4.69) is 4.99 Å². The van der Waals surface area contributed by atoms with Crippen LogP contribution in [0.3, 0.4) is 0 Å². The Hall–Kier alpha value is -2.46. The normalized spacial score (nSPS) is 18.5. The number of amides is 1. The Morgan fingerprint density at radius 2 is 1.94 bits per heavy atom. The van der Waals surface area contributed by atoms with Crippen molar-refractivity contribution in [3.63, 3.8) is 0 Å². The molecular weight excluding hydrogens is 418 g/mol. The van der Waals surface area contributed by atoms with Crippen molar-refractivity contribution in [1.29, 1.82) is 0 Å². The Bertz CT molecular complexity index is 1030. The van der Waals surface area contributed by atoms with Gasteiger partial charge in [-0.1, -0.05) is 26.8 Å². The first-order chi connectivity index (χ1) is 14.4. The van der Waals surface area contributed by atoms with E-state index in [1.54, 1.807) is 17.8 Å². The summed E-state index contributed by atoms with van der Waals surface area (Å²) in [5.74, 6) is -2.73. The third-order valence-electron chi connectivity index (χ3n) is 5.02. The fraction of sp³-hybridized carbons (Fsp3) is 0.524. The SMILES string of the molecule is Cn1c(C(C)(C)C)c/c(=N/C(=O)c2cccc(C(F)(F)F)c2F)n1CC1COCCO1. The molecule has 6 nitrogen and oxygen atoms in total. The molecule has 2 aromatic rings. The standard InChI is InChI=1S/C21H25F4N3O3/c1-20(2,3)16-10-17(28(27(16)4)11-13-12-30-8-9-31-13)26-19(29)14-6-5-7-15(18(14)22)21(23,24)25/h5-7,10,13H,8-9,11-12H2,1-4H3/b26-17-. The number of rotatable bonds is 3. The van der Waals surface area contributed by atoms with Gasteiger partial charge in [0.05, 0.1) is 37.5 Å². The van der Waals surface area contributed by atoms with Crippen LogP contribution in [-0.4, -0.2) is 41.2 Å². The van der Waals surface area contributed by atoms with Crippen LogP contribution < -0.4 is 5.49 Å². The summed E-state index contributed by atoms with van der Waals surface area (Å²) in [6, 6.07) is 4.24. The molecule has 0 spiro atoms. The van der Waals surface area contributed by atoms with Crippen LogP contribution in [0.15, 0.2) is 29.3 Å². The van der Waals surface area contributed by atoms with Crippen molar-refractivity contribution < 1.29 is 31.8 Å². The van der Waals surface area contributed by atoms with Crippen LogP contribution >= 0.6 is 0 Å². The van der Waals surface area contributed by atoms with Crippen molar-refractivity contribution in [2.75, 3.05) is 19.8 Å². The molecule has 1 aliphatic rings. The Balaban J connectivity index is 2.07. The van der Waals surface area contributed by atoms with E-state index in [-0.39, 0.29) is 17.0 Å². The highest BCUT2D eigenvalue weighted by molar-refractivity contribution is 5.95. The monoisotopic (exact) mass is 443 g/mol. The molecule has 31 heavy (non-hydrogen) atoms. The summed E-state index contributed by atoms with van der Waals surface area (Å²) in [7, 11) is 1.79. The number of nitrogens with zero attached hydrogens (tertiary/aromatic N) is 3. The van der Waals surface area contributed by atoms with Crippen molar-refractivity contribution >= 4 is 5.91 Å². The molecule has 170 valence electrons. The minimum Gasteiger partial charge on any atom is -0.376 e. The van der Waals surface area contributed by atoms with E-state index in [0.29, 0.717) is 32.4 Å². The maximum atomic E-state index is 14.4. The second kappa shape index (κ2) is 8.58. The van der Waals surface area contributed by atoms with E-state index < -0.39 is 29.0 Å². The molecule has 1 fully saturated rings. The molecule has 0 aliphatic carbocycles. The molecule has 0 radical (unpaired) electrons. The molecule has 1 aliphatic heterocycles. The third-order valence-corrected chi connectivity index (χ3v) is 5.02. The van der Waals surface area contributed by atoms with Crippen LogP contribution in [0.25, 0.3) is 0 Å². The molecule has 0 saturated carbocycles. The largest absolute Gasteiger partial charge is 0.419 e. The lowest BCUT2D eigenvalue weighted by molar-refractivity contribution is -0.140. The summed E-state index contributed by atoms with van der Waals surface area (Å²) in [5, 5.41) is 0. The predicted molar refractivity (Wildman–Crippen MR) is 104 cm³/mol. The average molecular weight is 443 g/mol. The number of carbonyl (C=O) groups is 1. The maximum Gasteiger partial charge on any atom is 0.419 e. The van der Waals surface area contributed by atoms with Crippen molar-refractivity contribution in [2.24, 2.45) is 12.0 Å². The van der Waals surface area contributed by atoms with E-state index in [4.69, 9.17) is 9.47 Å². The van der Waals surface area contributed by atoms with Crippen molar-refractivity contribution in [1.82, 2.24) is 9.36 Å². The van der Waals surface area contributed by atoms with Gasteiger partial charge >= 0.3 is 6.18 Å². The second-order valence-electron chi connectivity index (χ2n) is 8.39. The fourth-order valence-electron chi connectivity index (χ4n) is 3.50. The highest BCUT2D eigenvalue weighted by atomic mass is 19.4.